The summed E-state index contributed by atoms with van der Waals surface area (Å²) < 4.78 is 10.7. The number of hydrogen-bond donors (Lipinski definition) is 2. The first-order valence-corrected chi connectivity index (χ1v) is 10.1. The van der Waals surface area contributed by atoms with Crippen LogP contribution < -0.4 is 10.6 Å². The van der Waals surface area contributed by atoms with Gasteiger partial charge in [-0.25, -0.2) is 4.79 Å². The first kappa shape index (κ1) is 23.6. The Morgan fingerprint density at radius 3 is 2.67 bits per heavy atom. The molecule has 0 bridgehead atoms. The van der Waals surface area contributed by atoms with Crippen LogP contribution >= 0.6 is 0 Å². The normalized spacial score (nSPS) is 18.7. The van der Waals surface area contributed by atoms with E-state index in [1.54, 1.807) is 39.2 Å². The van der Waals surface area contributed by atoms with E-state index in [-0.39, 0.29) is 37.9 Å². The van der Waals surface area contributed by atoms with E-state index in [1.165, 1.54) is 12.0 Å². The summed E-state index contributed by atoms with van der Waals surface area (Å²) in [6.07, 6.45) is 3.55. The minimum Gasteiger partial charge on any atom is -0.444 e. The third-order valence-corrected chi connectivity index (χ3v) is 4.76. The summed E-state index contributed by atoms with van der Waals surface area (Å²) in [5, 5.41) is 5.61. The van der Waals surface area contributed by atoms with Gasteiger partial charge in [-0.05, 0) is 38.8 Å². The van der Waals surface area contributed by atoms with Crippen LogP contribution in [0.3, 0.4) is 0 Å². The van der Waals surface area contributed by atoms with E-state index in [2.05, 4.69) is 15.6 Å². The second-order valence-corrected chi connectivity index (χ2v) is 8.51. The molecule has 0 aliphatic carbocycles. The van der Waals surface area contributed by atoms with Gasteiger partial charge in [-0.2, -0.15) is 0 Å². The van der Waals surface area contributed by atoms with Gasteiger partial charge in [-0.3, -0.25) is 14.6 Å². The van der Waals surface area contributed by atoms with Crippen molar-refractivity contribution in [3.05, 3.63) is 30.1 Å². The summed E-state index contributed by atoms with van der Waals surface area (Å²) in [5.41, 5.74) is -0.547. The largest absolute Gasteiger partial charge is 0.444 e. The zero-order chi connectivity index (χ0) is 22.2. The Balaban J connectivity index is 1.82. The van der Waals surface area contributed by atoms with Crippen LogP contribution in [0, 0.1) is 5.41 Å². The van der Waals surface area contributed by atoms with E-state index in [1.807, 2.05) is 6.07 Å². The molecule has 1 aromatic rings. The summed E-state index contributed by atoms with van der Waals surface area (Å²) in [6.45, 7) is 6.81. The number of aromatic nitrogens is 1. The van der Waals surface area contributed by atoms with Gasteiger partial charge in [0.15, 0.2) is 0 Å². The number of carbonyl (C=O) groups is 3. The first-order valence-electron chi connectivity index (χ1n) is 10.1. The van der Waals surface area contributed by atoms with E-state index in [0.29, 0.717) is 19.5 Å². The Hall–Kier alpha value is -2.68. The van der Waals surface area contributed by atoms with Crippen molar-refractivity contribution in [1.29, 1.82) is 0 Å². The minimum absolute atomic E-state index is 0.158. The number of pyridine rings is 1. The van der Waals surface area contributed by atoms with Crippen LogP contribution in [0.5, 0.6) is 0 Å². The molecule has 2 heterocycles. The van der Waals surface area contributed by atoms with Crippen LogP contribution in [0.15, 0.2) is 24.5 Å². The monoisotopic (exact) mass is 420 g/mol. The lowest BCUT2D eigenvalue weighted by Gasteiger charge is -2.28. The molecular weight excluding hydrogens is 388 g/mol. The fourth-order valence-corrected chi connectivity index (χ4v) is 3.27. The van der Waals surface area contributed by atoms with E-state index in [0.717, 1.165) is 5.56 Å². The SMILES string of the molecule is COC[C@@]1(C(=O)NCCC(=O)NCc2cccnc2)CCN(C(=O)OC(C)(C)C)C1. The molecule has 3 amide bonds. The lowest BCUT2D eigenvalue weighted by atomic mass is 9.87. The number of nitrogens with one attached hydrogen (secondary N) is 2. The molecule has 1 atom stereocenters. The highest BCUT2D eigenvalue weighted by atomic mass is 16.6. The maximum absolute atomic E-state index is 12.9. The smallest absolute Gasteiger partial charge is 0.410 e. The summed E-state index contributed by atoms with van der Waals surface area (Å²) in [4.78, 5) is 42.8. The molecule has 1 aromatic heterocycles. The fourth-order valence-electron chi connectivity index (χ4n) is 3.27. The fraction of sp³-hybridized carbons (Fsp3) is 0.619. The molecule has 9 heteroatoms. The quantitative estimate of drug-likeness (QED) is 0.659. The maximum Gasteiger partial charge on any atom is 0.410 e. The first-order chi connectivity index (χ1) is 14.1. The number of carbonyl (C=O) groups excluding carboxylic acids is 3. The molecule has 2 N–H and O–H groups in total. The summed E-state index contributed by atoms with van der Waals surface area (Å²) in [5.74, 6) is -0.391. The predicted molar refractivity (Wildman–Crippen MR) is 110 cm³/mol. The second-order valence-electron chi connectivity index (χ2n) is 8.51. The van der Waals surface area contributed by atoms with Gasteiger partial charge in [0.1, 0.15) is 5.60 Å². The highest BCUT2D eigenvalue weighted by Crippen LogP contribution is 2.32. The van der Waals surface area contributed by atoms with Gasteiger partial charge in [-0.1, -0.05) is 6.07 Å². The Morgan fingerprint density at radius 1 is 1.27 bits per heavy atom. The van der Waals surface area contributed by atoms with Gasteiger partial charge in [0.05, 0.1) is 12.0 Å². The molecule has 1 saturated heterocycles. The average molecular weight is 421 g/mol. The number of rotatable bonds is 8. The lowest BCUT2D eigenvalue weighted by molar-refractivity contribution is -0.133. The molecule has 0 radical (unpaired) electrons. The van der Waals surface area contributed by atoms with Gasteiger partial charge < -0.3 is 25.0 Å². The van der Waals surface area contributed by atoms with Crippen LogP contribution in [0.1, 0.15) is 39.2 Å². The number of nitrogens with zero attached hydrogens (tertiary/aromatic N) is 2. The Morgan fingerprint density at radius 2 is 2.03 bits per heavy atom. The molecule has 1 fully saturated rings. The molecule has 0 aromatic carbocycles. The highest BCUT2D eigenvalue weighted by molar-refractivity contribution is 5.85. The van der Waals surface area contributed by atoms with Crippen LogP contribution in [0.25, 0.3) is 0 Å². The van der Waals surface area contributed by atoms with Gasteiger partial charge in [0, 0.05) is 52.1 Å². The maximum atomic E-state index is 12.9. The van der Waals surface area contributed by atoms with Crippen molar-refractivity contribution in [2.45, 2.75) is 45.8 Å². The van der Waals surface area contributed by atoms with Crippen LogP contribution in [0.2, 0.25) is 0 Å². The lowest BCUT2D eigenvalue weighted by Crippen LogP contribution is -2.47. The zero-order valence-electron chi connectivity index (χ0n) is 18.2. The molecule has 1 aliphatic rings. The predicted octanol–water partition coefficient (Wildman–Crippen LogP) is 1.48. The summed E-state index contributed by atoms with van der Waals surface area (Å²) >= 11 is 0. The van der Waals surface area contributed by atoms with Crippen LogP contribution in [-0.4, -0.2) is 66.7 Å². The van der Waals surface area contributed by atoms with E-state index < -0.39 is 17.1 Å². The number of methoxy groups -OCH3 is 1. The van der Waals surface area contributed by atoms with Crippen molar-refractivity contribution in [3.8, 4) is 0 Å². The van der Waals surface area contributed by atoms with Crippen molar-refractivity contribution >= 4 is 17.9 Å². The molecule has 0 saturated carbocycles. The van der Waals surface area contributed by atoms with Gasteiger partial charge in [0.25, 0.3) is 0 Å². The van der Waals surface area contributed by atoms with Crippen molar-refractivity contribution < 1.29 is 23.9 Å². The summed E-state index contributed by atoms with van der Waals surface area (Å²) in [7, 11) is 1.52. The molecule has 1 aliphatic heterocycles. The highest BCUT2D eigenvalue weighted by Gasteiger charge is 2.47. The van der Waals surface area contributed by atoms with Crippen molar-refractivity contribution in [2.24, 2.45) is 5.41 Å². The van der Waals surface area contributed by atoms with Gasteiger partial charge >= 0.3 is 6.09 Å². The van der Waals surface area contributed by atoms with Gasteiger partial charge in [0.2, 0.25) is 11.8 Å². The van der Waals surface area contributed by atoms with E-state index in [9.17, 15) is 14.4 Å². The molecule has 2 rings (SSSR count). The number of ether oxygens (including phenoxy) is 2. The molecule has 0 unspecified atom stereocenters. The third-order valence-electron chi connectivity index (χ3n) is 4.76. The average Bonchev–Trinajstić information content (AvgIpc) is 3.12. The van der Waals surface area contributed by atoms with E-state index in [4.69, 9.17) is 9.47 Å². The van der Waals surface area contributed by atoms with E-state index >= 15 is 0 Å². The Kier molecular flexibility index (Phi) is 8.16. The second kappa shape index (κ2) is 10.4. The Labute approximate surface area is 177 Å². The number of likely N-dealkylation sites (tertiary alicyclic amines) is 1. The molecule has 0 spiro atoms. The van der Waals surface area contributed by atoms with Crippen molar-refractivity contribution in [1.82, 2.24) is 20.5 Å². The van der Waals surface area contributed by atoms with Crippen molar-refractivity contribution in [3.63, 3.8) is 0 Å². The standard InChI is InChI=1S/C21H32N4O5/c1-20(2,3)30-19(28)25-11-8-21(14-25,15-29-4)18(27)23-10-7-17(26)24-13-16-6-5-9-22-12-16/h5-6,9,12H,7-8,10-11,13-15H2,1-4H3,(H,23,27)(H,24,26)/t21-/m1/s1. The number of amides is 3. The molecular formula is C21H32N4O5. The number of hydrogen-bond acceptors (Lipinski definition) is 6. The van der Waals surface area contributed by atoms with Gasteiger partial charge in [-0.15, -0.1) is 0 Å². The van der Waals surface area contributed by atoms with Crippen LogP contribution in [-0.2, 0) is 25.6 Å². The molecule has 30 heavy (non-hydrogen) atoms. The zero-order valence-corrected chi connectivity index (χ0v) is 18.2. The molecule has 9 nitrogen and oxygen atoms in total. The summed E-state index contributed by atoms with van der Waals surface area (Å²) in [6, 6.07) is 3.68. The Bertz CT molecular complexity index is 735. The topological polar surface area (TPSA) is 110 Å². The molecule has 166 valence electrons. The minimum atomic E-state index is -0.849. The third kappa shape index (κ3) is 6.98. The van der Waals surface area contributed by atoms with Crippen molar-refractivity contribution in [2.75, 3.05) is 33.4 Å². The van der Waals surface area contributed by atoms with Crippen LogP contribution in [0.4, 0.5) is 4.79 Å².